The zero-order valence-corrected chi connectivity index (χ0v) is 22.9. The van der Waals surface area contributed by atoms with Crippen molar-refractivity contribution in [2.24, 2.45) is 0 Å². The Balaban J connectivity index is 1.46. The van der Waals surface area contributed by atoms with Crippen molar-refractivity contribution in [1.29, 1.82) is 0 Å². The average molecular weight is 521 g/mol. The summed E-state index contributed by atoms with van der Waals surface area (Å²) in [4.78, 5) is 20.8. The van der Waals surface area contributed by atoms with E-state index < -0.39 is 11.8 Å². The van der Waals surface area contributed by atoms with Crippen molar-refractivity contribution in [3.63, 3.8) is 0 Å². The average Bonchev–Trinajstić information content (AvgIpc) is 2.94. The molecule has 0 N–H and O–H groups in total. The third-order valence-corrected chi connectivity index (χ3v) is 6.59. The predicted octanol–water partition coefficient (Wildman–Crippen LogP) is 8.75. The molecule has 0 aliphatic rings. The molecule has 3 aromatic rings. The molecule has 1 heterocycles. The maximum Gasteiger partial charge on any atom is 0.346 e. The van der Waals surface area contributed by atoms with Crippen LogP contribution in [0.5, 0.6) is 11.8 Å². The molecule has 0 aliphatic heterocycles. The van der Waals surface area contributed by atoms with E-state index in [4.69, 9.17) is 9.47 Å². The highest BCUT2D eigenvalue weighted by Gasteiger charge is 2.14. The molecule has 5 nitrogen and oxygen atoms in total. The first-order chi connectivity index (χ1) is 18.6. The van der Waals surface area contributed by atoms with Crippen molar-refractivity contribution in [2.75, 3.05) is 6.61 Å². The SMILES string of the molecule is CCCCCCCCc1ccc(-c2cnc(OC(=O)c3ccc(OCCCCCCC)c(F)c3)nc2)cc1. The zero-order chi connectivity index (χ0) is 27.0. The molecule has 38 heavy (non-hydrogen) atoms. The van der Waals surface area contributed by atoms with E-state index in [9.17, 15) is 9.18 Å². The van der Waals surface area contributed by atoms with Crippen molar-refractivity contribution in [3.8, 4) is 22.9 Å². The van der Waals surface area contributed by atoms with Gasteiger partial charge in [-0.25, -0.2) is 19.2 Å². The summed E-state index contributed by atoms with van der Waals surface area (Å²) < 4.78 is 25.2. The first-order valence-corrected chi connectivity index (χ1v) is 14.2. The van der Waals surface area contributed by atoms with Crippen LogP contribution >= 0.6 is 0 Å². The number of nitrogens with zero attached hydrogens (tertiary/aromatic N) is 2. The highest BCUT2D eigenvalue weighted by atomic mass is 19.1. The van der Waals surface area contributed by atoms with Crippen LogP contribution in [0.4, 0.5) is 4.39 Å². The third kappa shape index (κ3) is 9.88. The Morgan fingerprint density at radius 3 is 2.05 bits per heavy atom. The van der Waals surface area contributed by atoms with E-state index in [1.165, 1.54) is 69.1 Å². The second-order valence-electron chi connectivity index (χ2n) is 9.77. The summed E-state index contributed by atoms with van der Waals surface area (Å²) >= 11 is 0. The number of aromatic nitrogens is 2. The molecule has 0 amide bonds. The number of rotatable bonds is 17. The van der Waals surface area contributed by atoms with Gasteiger partial charge < -0.3 is 9.47 Å². The Morgan fingerprint density at radius 2 is 1.39 bits per heavy atom. The molecule has 3 rings (SSSR count). The van der Waals surface area contributed by atoms with Gasteiger partial charge in [0, 0.05) is 18.0 Å². The topological polar surface area (TPSA) is 61.3 Å². The Bertz CT molecular complexity index is 1100. The summed E-state index contributed by atoms with van der Waals surface area (Å²) in [6.45, 7) is 4.85. The van der Waals surface area contributed by atoms with Gasteiger partial charge >= 0.3 is 12.0 Å². The number of hydrogen-bond donors (Lipinski definition) is 0. The molecule has 0 bridgehead atoms. The van der Waals surface area contributed by atoms with Gasteiger partial charge in [0.05, 0.1) is 12.2 Å². The first kappa shape index (κ1) is 29.3. The lowest BCUT2D eigenvalue weighted by Gasteiger charge is -2.09. The van der Waals surface area contributed by atoms with Crippen LogP contribution < -0.4 is 9.47 Å². The second-order valence-corrected chi connectivity index (χ2v) is 9.77. The molecule has 0 atom stereocenters. The lowest BCUT2D eigenvalue weighted by Crippen LogP contribution is -2.11. The van der Waals surface area contributed by atoms with Gasteiger partial charge in [0.25, 0.3) is 0 Å². The molecule has 204 valence electrons. The van der Waals surface area contributed by atoms with Gasteiger partial charge in [-0.3, -0.25) is 0 Å². The molecule has 0 fully saturated rings. The number of ether oxygens (including phenoxy) is 2. The zero-order valence-electron chi connectivity index (χ0n) is 22.9. The minimum Gasteiger partial charge on any atom is -0.491 e. The molecule has 0 saturated heterocycles. The van der Waals surface area contributed by atoms with Gasteiger partial charge in [-0.15, -0.1) is 0 Å². The van der Waals surface area contributed by atoms with Crippen LogP contribution in [-0.4, -0.2) is 22.5 Å². The fourth-order valence-electron chi connectivity index (χ4n) is 4.27. The van der Waals surface area contributed by atoms with E-state index in [-0.39, 0.29) is 17.3 Å². The molecule has 0 aliphatic carbocycles. The second kappa shape index (κ2) is 16.5. The molecule has 6 heteroatoms. The Morgan fingerprint density at radius 1 is 0.763 bits per heavy atom. The molecule has 0 radical (unpaired) electrons. The number of carbonyl (C=O) groups is 1. The highest BCUT2D eigenvalue weighted by Crippen LogP contribution is 2.22. The van der Waals surface area contributed by atoms with Crippen LogP contribution in [0.1, 0.15) is 100 Å². The highest BCUT2D eigenvalue weighted by molar-refractivity contribution is 5.90. The summed E-state index contributed by atoms with van der Waals surface area (Å²) in [7, 11) is 0. The molecule has 0 spiro atoms. The molecule has 2 aromatic carbocycles. The summed E-state index contributed by atoms with van der Waals surface area (Å²) in [5, 5.41) is 0. The van der Waals surface area contributed by atoms with E-state index in [1.807, 2.05) is 0 Å². The minimum absolute atomic E-state index is 0.0754. The first-order valence-electron chi connectivity index (χ1n) is 14.2. The van der Waals surface area contributed by atoms with Crippen molar-refractivity contribution in [3.05, 3.63) is 71.8 Å². The largest absolute Gasteiger partial charge is 0.491 e. The van der Waals surface area contributed by atoms with E-state index in [2.05, 4.69) is 48.1 Å². The monoisotopic (exact) mass is 520 g/mol. The van der Waals surface area contributed by atoms with Gasteiger partial charge in [-0.1, -0.05) is 95.9 Å². The third-order valence-electron chi connectivity index (χ3n) is 6.59. The Kier molecular flexibility index (Phi) is 12.7. The number of carbonyl (C=O) groups excluding carboxylic acids is 1. The fraction of sp³-hybridized carbons (Fsp3) is 0.469. The smallest absolute Gasteiger partial charge is 0.346 e. The molecule has 1 aromatic heterocycles. The Labute approximate surface area is 226 Å². The lowest BCUT2D eigenvalue weighted by molar-refractivity contribution is 0.0718. The summed E-state index contributed by atoms with van der Waals surface area (Å²) in [5.74, 6) is -1.18. The van der Waals surface area contributed by atoms with Crippen LogP contribution in [0.3, 0.4) is 0 Å². The van der Waals surface area contributed by atoms with Gasteiger partial charge in [0.2, 0.25) is 0 Å². The predicted molar refractivity (Wildman–Crippen MR) is 150 cm³/mol. The molecule has 0 unspecified atom stereocenters. The van der Waals surface area contributed by atoms with E-state index >= 15 is 0 Å². The number of esters is 1. The summed E-state index contributed by atoms with van der Waals surface area (Å²) in [6.07, 6.45) is 17.5. The number of halogens is 1. The van der Waals surface area contributed by atoms with Crippen LogP contribution in [0, 0.1) is 5.82 Å². The van der Waals surface area contributed by atoms with Crippen LogP contribution in [0.25, 0.3) is 11.1 Å². The molecule has 0 saturated carbocycles. The van der Waals surface area contributed by atoms with Crippen molar-refractivity contribution < 1.29 is 18.7 Å². The maximum atomic E-state index is 14.4. The van der Waals surface area contributed by atoms with Gasteiger partial charge in [0.1, 0.15) is 0 Å². The van der Waals surface area contributed by atoms with Crippen molar-refractivity contribution >= 4 is 5.97 Å². The molecular weight excluding hydrogens is 479 g/mol. The maximum absolute atomic E-state index is 14.4. The summed E-state index contributed by atoms with van der Waals surface area (Å²) in [5.41, 5.74) is 3.23. The number of unbranched alkanes of at least 4 members (excludes halogenated alkanes) is 9. The van der Waals surface area contributed by atoms with Gasteiger partial charge in [0.15, 0.2) is 11.6 Å². The van der Waals surface area contributed by atoms with Gasteiger partial charge in [-0.05, 0) is 48.6 Å². The van der Waals surface area contributed by atoms with Gasteiger partial charge in [-0.2, -0.15) is 0 Å². The number of hydrogen-bond acceptors (Lipinski definition) is 5. The van der Waals surface area contributed by atoms with Crippen LogP contribution in [0.15, 0.2) is 54.9 Å². The van der Waals surface area contributed by atoms with Crippen LogP contribution in [-0.2, 0) is 6.42 Å². The number of aryl methyl sites for hydroxylation is 1. The normalized spacial score (nSPS) is 10.9. The number of benzene rings is 2. The van der Waals surface area contributed by atoms with E-state index in [0.717, 1.165) is 42.9 Å². The minimum atomic E-state index is -0.721. The molecular formula is C32H41FN2O3. The standard InChI is InChI=1S/C32H41FN2O3/c1-3-5-7-9-10-12-14-25-15-17-26(18-16-25)28-23-34-32(35-24-28)38-31(36)27-19-20-30(29(33)22-27)37-21-13-11-8-6-4-2/h15-20,22-24H,3-14,21H2,1-2H3. The van der Waals surface area contributed by atoms with E-state index in [1.54, 1.807) is 12.4 Å². The lowest BCUT2D eigenvalue weighted by atomic mass is 10.0. The quantitative estimate of drug-likeness (QED) is 0.131. The summed E-state index contributed by atoms with van der Waals surface area (Å²) in [6, 6.07) is 12.4. The van der Waals surface area contributed by atoms with E-state index in [0.29, 0.717) is 6.61 Å². The van der Waals surface area contributed by atoms with Crippen LogP contribution in [0.2, 0.25) is 0 Å². The Hall–Kier alpha value is -3.28. The van der Waals surface area contributed by atoms with Crippen molar-refractivity contribution in [2.45, 2.75) is 90.9 Å². The fourth-order valence-corrected chi connectivity index (χ4v) is 4.27. The van der Waals surface area contributed by atoms with Crippen molar-refractivity contribution in [1.82, 2.24) is 9.97 Å².